The van der Waals surface area contributed by atoms with E-state index < -0.39 is 0 Å². The zero-order valence-electron chi connectivity index (χ0n) is 18.4. The summed E-state index contributed by atoms with van der Waals surface area (Å²) in [5.74, 6) is 0. The Morgan fingerprint density at radius 1 is 0.500 bits per heavy atom. The molecule has 1 aliphatic rings. The van der Waals surface area contributed by atoms with Gasteiger partial charge in [-0.3, -0.25) is 0 Å². The topological polar surface area (TPSA) is 0 Å². The van der Waals surface area contributed by atoms with Gasteiger partial charge in [0.25, 0.3) is 0 Å². The molecule has 0 heterocycles. The van der Waals surface area contributed by atoms with Gasteiger partial charge in [-0.1, -0.05) is 0 Å². The molecule has 0 bridgehead atoms. The van der Waals surface area contributed by atoms with E-state index in [9.17, 15) is 0 Å². The van der Waals surface area contributed by atoms with E-state index in [0.717, 1.165) is 0 Å². The van der Waals surface area contributed by atoms with Gasteiger partial charge in [0.05, 0.1) is 0 Å². The van der Waals surface area contributed by atoms with Crippen molar-refractivity contribution < 1.29 is 57.7 Å². The van der Waals surface area contributed by atoms with Crippen LogP contribution in [0.4, 0.5) is 0 Å². The van der Waals surface area contributed by atoms with Crippen molar-refractivity contribution in [3.63, 3.8) is 0 Å². The molecule has 4 heteroatoms. The van der Waals surface area contributed by atoms with Crippen LogP contribution in [0.2, 0.25) is 3.72 Å². The van der Waals surface area contributed by atoms with Gasteiger partial charge in [-0.25, -0.2) is 0 Å². The Kier molecular flexibility index (Phi) is 10.0. The Balaban J connectivity index is 0.00000136. The Morgan fingerprint density at radius 2 is 0.853 bits per heavy atom. The monoisotopic (exact) mass is 536 g/mol. The normalized spacial score (nSPS) is 16.5. The molecule has 0 spiro atoms. The molecule has 4 aromatic carbocycles. The number of rotatable bonds is 5. The summed E-state index contributed by atoms with van der Waals surface area (Å²) in [5.41, 5.74) is 6.10. The van der Waals surface area contributed by atoms with Crippen LogP contribution in [0.5, 0.6) is 0 Å². The van der Waals surface area contributed by atoms with Crippen molar-refractivity contribution in [3.05, 3.63) is 162 Å². The Hall–Kier alpha value is -2.06. The number of halogens is 3. The van der Waals surface area contributed by atoms with Crippen molar-refractivity contribution >= 4 is 5.57 Å². The SMILES string of the molecule is [Cl-].[Cl-].[Cl-].[Ti+3][C]1(C(c2ccccc2)(c2ccccc2)c2ccccc2)C=CC=C1c1ccccc1. The van der Waals surface area contributed by atoms with E-state index in [-0.39, 0.29) is 46.4 Å². The third kappa shape index (κ3) is 4.59. The molecule has 0 nitrogen and oxygen atoms in total. The van der Waals surface area contributed by atoms with Crippen molar-refractivity contribution in [1.29, 1.82) is 0 Å². The van der Waals surface area contributed by atoms with Crippen LogP contribution >= 0.6 is 0 Å². The molecule has 0 radical (unpaired) electrons. The van der Waals surface area contributed by atoms with Gasteiger partial charge in [0.1, 0.15) is 0 Å². The summed E-state index contributed by atoms with van der Waals surface area (Å²) in [6.45, 7) is 0. The van der Waals surface area contributed by atoms with Gasteiger partial charge in [0.2, 0.25) is 0 Å². The molecule has 0 saturated heterocycles. The minimum atomic E-state index is -0.383. The average molecular weight is 538 g/mol. The maximum absolute atomic E-state index is 2.39. The summed E-state index contributed by atoms with van der Waals surface area (Å²) >= 11 is 2.39. The summed E-state index contributed by atoms with van der Waals surface area (Å²) in [6.07, 6.45) is 6.91. The van der Waals surface area contributed by atoms with E-state index in [1.54, 1.807) is 0 Å². The van der Waals surface area contributed by atoms with Crippen LogP contribution in [0.15, 0.2) is 140 Å². The fourth-order valence-corrected chi connectivity index (χ4v) is 6.21. The van der Waals surface area contributed by atoms with Crippen molar-refractivity contribution in [2.24, 2.45) is 0 Å². The van der Waals surface area contributed by atoms with Crippen LogP contribution in [0.3, 0.4) is 0 Å². The summed E-state index contributed by atoms with van der Waals surface area (Å²) in [5, 5.41) is 0. The molecule has 0 aromatic heterocycles. The van der Waals surface area contributed by atoms with Gasteiger partial charge in [-0.2, -0.15) is 0 Å². The molecule has 1 atom stereocenters. The number of allylic oxidation sites excluding steroid dienone is 4. The second-order valence-corrected chi connectivity index (χ2v) is 9.19. The molecular weight excluding hydrogens is 515 g/mol. The number of hydrogen-bond acceptors (Lipinski definition) is 0. The summed E-state index contributed by atoms with van der Waals surface area (Å²) in [4.78, 5) is 0. The molecule has 1 aliphatic carbocycles. The Morgan fingerprint density at radius 3 is 1.24 bits per heavy atom. The second kappa shape index (κ2) is 12.1. The fourth-order valence-electron chi connectivity index (χ4n) is 5.03. The molecule has 34 heavy (non-hydrogen) atoms. The predicted octanol–water partition coefficient (Wildman–Crippen LogP) is -1.61. The van der Waals surface area contributed by atoms with Crippen LogP contribution in [0.1, 0.15) is 22.3 Å². The first-order valence-corrected chi connectivity index (χ1v) is 11.4. The number of benzene rings is 4. The van der Waals surface area contributed by atoms with Gasteiger partial charge < -0.3 is 37.2 Å². The van der Waals surface area contributed by atoms with Crippen LogP contribution in [0, 0.1) is 0 Å². The number of hydrogen-bond donors (Lipinski definition) is 0. The molecule has 0 N–H and O–H groups in total. The average Bonchev–Trinajstić information content (AvgIpc) is 3.25. The summed E-state index contributed by atoms with van der Waals surface area (Å²) < 4.78 is -0.279. The quantitative estimate of drug-likeness (QED) is 0.213. The van der Waals surface area contributed by atoms with Crippen molar-refractivity contribution in [1.82, 2.24) is 0 Å². The maximum atomic E-state index is 2.39. The third-order valence-electron chi connectivity index (χ3n) is 6.33. The van der Waals surface area contributed by atoms with Gasteiger partial charge in [0.15, 0.2) is 0 Å². The molecular formula is C30H23Cl3Ti. The van der Waals surface area contributed by atoms with E-state index in [2.05, 4.69) is 160 Å². The third-order valence-corrected chi connectivity index (χ3v) is 7.60. The Bertz CT molecular complexity index is 1130. The van der Waals surface area contributed by atoms with Crippen LogP contribution in [0.25, 0.3) is 5.57 Å². The zero-order valence-corrected chi connectivity index (χ0v) is 22.2. The second-order valence-electron chi connectivity index (χ2n) is 7.96. The van der Waals surface area contributed by atoms with Gasteiger partial charge >= 0.3 is 197 Å². The predicted molar refractivity (Wildman–Crippen MR) is 125 cm³/mol. The fraction of sp³-hybridized carbons (Fsp3) is 0.0667. The summed E-state index contributed by atoms with van der Waals surface area (Å²) in [7, 11) is 0. The van der Waals surface area contributed by atoms with E-state index in [1.807, 2.05) is 0 Å². The zero-order chi connectivity index (χ0) is 21.2. The molecule has 168 valence electrons. The van der Waals surface area contributed by atoms with Crippen molar-refractivity contribution in [2.75, 3.05) is 0 Å². The molecule has 0 fully saturated rings. The summed E-state index contributed by atoms with van der Waals surface area (Å²) in [6, 6.07) is 43.7. The molecule has 0 amide bonds. The molecule has 5 rings (SSSR count). The molecule has 4 aromatic rings. The minimum absolute atomic E-state index is 0. The van der Waals surface area contributed by atoms with Gasteiger partial charge in [0, 0.05) is 0 Å². The van der Waals surface area contributed by atoms with Crippen molar-refractivity contribution in [2.45, 2.75) is 9.13 Å². The van der Waals surface area contributed by atoms with Gasteiger partial charge in [-0.05, 0) is 0 Å². The van der Waals surface area contributed by atoms with E-state index in [4.69, 9.17) is 0 Å². The molecule has 0 saturated carbocycles. The van der Waals surface area contributed by atoms with Crippen LogP contribution < -0.4 is 37.2 Å². The van der Waals surface area contributed by atoms with Crippen LogP contribution in [-0.2, 0) is 25.9 Å². The van der Waals surface area contributed by atoms with Gasteiger partial charge in [-0.15, -0.1) is 0 Å². The van der Waals surface area contributed by atoms with Crippen molar-refractivity contribution in [3.8, 4) is 0 Å². The molecule has 0 aliphatic heterocycles. The van der Waals surface area contributed by atoms with Crippen LogP contribution in [-0.4, -0.2) is 0 Å². The van der Waals surface area contributed by atoms with E-state index in [1.165, 1.54) is 27.8 Å². The molecule has 1 unspecified atom stereocenters. The first kappa shape index (κ1) is 28.2. The Labute approximate surface area is 232 Å². The van der Waals surface area contributed by atoms with E-state index in [0.29, 0.717) is 0 Å². The first-order chi connectivity index (χ1) is 15.3. The first-order valence-electron chi connectivity index (χ1n) is 10.6. The van der Waals surface area contributed by atoms with E-state index >= 15 is 0 Å². The standard InChI is InChI=1S/C30H23.3ClH.Ti/c1-5-14-24(15-6-1)28-22-13-23-29(28)30(25-16-7-2-8-17-25,26-18-9-3-10-19-26)27-20-11-4-12-21-27;;;;/h1-23H;3*1H;/q;;;;+3/p-3.